The van der Waals surface area contributed by atoms with Gasteiger partial charge in [0.1, 0.15) is 4.21 Å². The maximum atomic E-state index is 12.8. The van der Waals surface area contributed by atoms with Crippen molar-refractivity contribution in [2.45, 2.75) is 37.3 Å². The first-order chi connectivity index (χ1) is 12.4. The van der Waals surface area contributed by atoms with Gasteiger partial charge >= 0.3 is 0 Å². The second-order valence-electron chi connectivity index (χ2n) is 6.71. The molecule has 2 aromatic rings. The first-order valence-electron chi connectivity index (χ1n) is 8.90. The molecule has 0 atom stereocenters. The largest absolute Gasteiger partial charge is 0.321 e. The quantitative estimate of drug-likeness (QED) is 0.837. The van der Waals surface area contributed by atoms with Crippen molar-refractivity contribution in [1.29, 1.82) is 0 Å². The summed E-state index contributed by atoms with van der Waals surface area (Å²) in [5.74, 6) is 0.276. The van der Waals surface area contributed by atoms with E-state index in [1.54, 1.807) is 6.07 Å². The zero-order chi connectivity index (χ0) is 18.7. The Kier molecular flexibility index (Phi) is 5.79. The molecule has 26 heavy (non-hydrogen) atoms. The predicted octanol–water partition coefficient (Wildman–Crippen LogP) is 3.98. The number of aryl methyl sites for hydroxylation is 1. The third-order valence-electron chi connectivity index (χ3n) is 4.76. The van der Waals surface area contributed by atoms with Gasteiger partial charge in [-0.25, -0.2) is 8.42 Å². The van der Waals surface area contributed by atoms with Crippen molar-refractivity contribution in [3.63, 3.8) is 0 Å². The molecule has 1 aliphatic rings. The van der Waals surface area contributed by atoms with Gasteiger partial charge < -0.3 is 5.32 Å². The Bertz CT molecular complexity index is 864. The maximum Gasteiger partial charge on any atom is 0.265 e. The van der Waals surface area contributed by atoms with Gasteiger partial charge in [-0.3, -0.25) is 4.79 Å². The number of anilines is 1. The van der Waals surface area contributed by atoms with Gasteiger partial charge in [-0.15, -0.1) is 11.3 Å². The predicted molar refractivity (Wildman–Crippen MR) is 105 cm³/mol. The molecule has 7 heteroatoms. The Hall–Kier alpha value is -1.70. The van der Waals surface area contributed by atoms with Crippen molar-refractivity contribution in [2.24, 2.45) is 5.92 Å². The molecule has 0 aliphatic carbocycles. The van der Waals surface area contributed by atoms with Crippen LogP contribution in [0.1, 0.15) is 41.9 Å². The fourth-order valence-corrected chi connectivity index (χ4v) is 5.78. The van der Waals surface area contributed by atoms with Crippen LogP contribution in [0.5, 0.6) is 0 Å². The van der Waals surface area contributed by atoms with Gasteiger partial charge in [-0.2, -0.15) is 4.31 Å². The van der Waals surface area contributed by atoms with Crippen LogP contribution >= 0.6 is 11.3 Å². The van der Waals surface area contributed by atoms with Crippen molar-refractivity contribution in [2.75, 3.05) is 18.4 Å². The number of nitrogens with zero attached hydrogens (tertiary/aromatic N) is 1. The number of hydrogen-bond donors (Lipinski definition) is 1. The average molecular weight is 393 g/mol. The van der Waals surface area contributed by atoms with E-state index in [0.29, 0.717) is 29.6 Å². The molecule has 0 unspecified atom stereocenters. The molecule has 0 radical (unpaired) electrons. The van der Waals surface area contributed by atoms with Crippen LogP contribution in [-0.4, -0.2) is 31.7 Å². The van der Waals surface area contributed by atoms with Crippen LogP contribution in [0.2, 0.25) is 0 Å². The van der Waals surface area contributed by atoms with E-state index in [-0.39, 0.29) is 10.1 Å². The van der Waals surface area contributed by atoms with Crippen LogP contribution in [0.4, 0.5) is 5.69 Å². The Morgan fingerprint density at radius 1 is 1.15 bits per heavy atom. The number of hydrogen-bond acceptors (Lipinski definition) is 4. The zero-order valence-corrected chi connectivity index (χ0v) is 16.7. The highest BCUT2D eigenvalue weighted by Gasteiger charge is 2.29. The lowest BCUT2D eigenvalue weighted by atomic mass is 10.0. The minimum Gasteiger partial charge on any atom is -0.321 e. The van der Waals surface area contributed by atoms with Gasteiger partial charge in [-0.05, 0) is 55.0 Å². The lowest BCUT2D eigenvalue weighted by Gasteiger charge is -2.28. The number of sulfonamides is 1. The number of benzene rings is 1. The summed E-state index contributed by atoms with van der Waals surface area (Å²) in [5.41, 5.74) is 1.90. The van der Waals surface area contributed by atoms with Crippen LogP contribution in [0, 0.1) is 5.92 Å². The van der Waals surface area contributed by atoms with Crippen LogP contribution < -0.4 is 5.32 Å². The summed E-state index contributed by atoms with van der Waals surface area (Å²) in [4.78, 5) is 12.8. The van der Waals surface area contributed by atoms with E-state index in [2.05, 4.69) is 19.2 Å². The van der Waals surface area contributed by atoms with Gasteiger partial charge in [0.2, 0.25) is 0 Å². The molecule has 1 aliphatic heterocycles. The van der Waals surface area contributed by atoms with Crippen LogP contribution in [0.25, 0.3) is 0 Å². The number of nitrogens with one attached hydrogen (secondary N) is 1. The minimum atomic E-state index is -3.51. The summed E-state index contributed by atoms with van der Waals surface area (Å²) >= 11 is 1.03. The Morgan fingerprint density at radius 2 is 1.81 bits per heavy atom. The Balaban J connectivity index is 1.71. The van der Waals surface area contributed by atoms with Gasteiger partial charge in [0.25, 0.3) is 15.9 Å². The summed E-state index contributed by atoms with van der Waals surface area (Å²) in [6.07, 6.45) is 2.70. The van der Waals surface area contributed by atoms with Crippen molar-refractivity contribution in [3.8, 4) is 0 Å². The van der Waals surface area contributed by atoms with Crippen LogP contribution in [0.15, 0.2) is 40.6 Å². The number of thiophene rings is 1. The number of carbonyl (C=O) groups excluding carboxylic acids is 1. The molecule has 3 rings (SSSR count). The fraction of sp³-hybridized carbons (Fsp3) is 0.421. The standard InChI is InChI=1S/C19H24N2O3S2/c1-3-15-4-6-16(7-5-15)20-19(22)17-8-9-18(25-17)26(23,24)21-12-10-14(2)11-13-21/h4-9,14H,3,10-13H2,1-2H3,(H,20,22). The normalized spacial score (nSPS) is 16.5. The minimum absolute atomic E-state index is 0.235. The van der Waals surface area contributed by atoms with Gasteiger partial charge in [-0.1, -0.05) is 26.0 Å². The van der Waals surface area contributed by atoms with Crippen LogP contribution in [-0.2, 0) is 16.4 Å². The highest BCUT2D eigenvalue weighted by Crippen LogP contribution is 2.28. The highest BCUT2D eigenvalue weighted by molar-refractivity contribution is 7.91. The molecule has 1 amide bonds. The third kappa shape index (κ3) is 4.16. The lowest BCUT2D eigenvalue weighted by molar-refractivity contribution is 0.103. The molecule has 0 bridgehead atoms. The molecule has 2 heterocycles. The molecular weight excluding hydrogens is 368 g/mol. The van der Waals surface area contributed by atoms with Gasteiger partial charge in [0.05, 0.1) is 4.88 Å². The van der Waals surface area contributed by atoms with E-state index in [9.17, 15) is 13.2 Å². The number of amides is 1. The van der Waals surface area contributed by atoms with E-state index >= 15 is 0 Å². The summed E-state index contributed by atoms with van der Waals surface area (Å²) < 4.78 is 27.3. The summed E-state index contributed by atoms with van der Waals surface area (Å²) in [6.45, 7) is 5.31. The second-order valence-corrected chi connectivity index (χ2v) is 9.96. The molecule has 5 nitrogen and oxygen atoms in total. The van der Waals surface area contributed by atoms with Gasteiger partial charge in [0, 0.05) is 18.8 Å². The number of piperidine rings is 1. The molecule has 1 saturated heterocycles. The average Bonchev–Trinajstić information content (AvgIpc) is 3.14. The first-order valence-corrected chi connectivity index (χ1v) is 11.2. The number of rotatable bonds is 5. The Labute approximate surface area is 159 Å². The molecule has 0 spiro atoms. The highest BCUT2D eigenvalue weighted by atomic mass is 32.2. The van der Waals surface area contributed by atoms with E-state index in [0.717, 1.165) is 30.6 Å². The first kappa shape index (κ1) is 19.1. The Morgan fingerprint density at radius 3 is 2.42 bits per heavy atom. The van der Waals surface area contributed by atoms with Crippen molar-refractivity contribution >= 4 is 33.0 Å². The summed E-state index contributed by atoms with van der Waals surface area (Å²) in [5, 5.41) is 2.82. The van der Waals surface area contributed by atoms with Crippen molar-refractivity contribution in [1.82, 2.24) is 4.31 Å². The van der Waals surface area contributed by atoms with Gasteiger partial charge in [0.15, 0.2) is 0 Å². The zero-order valence-electron chi connectivity index (χ0n) is 15.1. The van der Waals surface area contributed by atoms with Crippen molar-refractivity contribution in [3.05, 3.63) is 46.8 Å². The SMILES string of the molecule is CCc1ccc(NC(=O)c2ccc(S(=O)(=O)N3CCC(C)CC3)s2)cc1. The topological polar surface area (TPSA) is 66.5 Å². The number of carbonyl (C=O) groups is 1. The molecule has 140 valence electrons. The summed E-state index contributed by atoms with van der Waals surface area (Å²) in [6, 6.07) is 10.8. The fourth-order valence-electron chi connectivity index (χ4n) is 2.95. The van der Waals surface area contributed by atoms with Crippen LogP contribution in [0.3, 0.4) is 0 Å². The van der Waals surface area contributed by atoms with E-state index in [1.807, 2.05) is 24.3 Å². The van der Waals surface area contributed by atoms with E-state index in [1.165, 1.54) is 15.9 Å². The maximum absolute atomic E-state index is 12.8. The molecule has 1 fully saturated rings. The van der Waals surface area contributed by atoms with E-state index in [4.69, 9.17) is 0 Å². The smallest absolute Gasteiger partial charge is 0.265 e. The van der Waals surface area contributed by atoms with E-state index < -0.39 is 10.0 Å². The summed E-state index contributed by atoms with van der Waals surface area (Å²) in [7, 11) is -3.51. The van der Waals surface area contributed by atoms with Crippen molar-refractivity contribution < 1.29 is 13.2 Å². The third-order valence-corrected chi connectivity index (χ3v) is 8.21. The molecule has 1 aromatic heterocycles. The lowest BCUT2D eigenvalue weighted by Crippen LogP contribution is -2.37. The molecule has 1 N–H and O–H groups in total. The molecule has 1 aromatic carbocycles. The molecular formula is C19H24N2O3S2. The molecule has 0 saturated carbocycles. The monoisotopic (exact) mass is 392 g/mol. The second kappa shape index (κ2) is 7.90.